The zero-order valence-corrected chi connectivity index (χ0v) is 16.9. The van der Waals surface area contributed by atoms with Gasteiger partial charge in [-0.05, 0) is 60.6 Å². The van der Waals surface area contributed by atoms with E-state index in [1.807, 2.05) is 24.3 Å². The molecule has 3 nitrogen and oxygen atoms in total. The Balaban J connectivity index is 1.41. The number of esters is 1. The van der Waals surface area contributed by atoms with Crippen LogP contribution in [0.1, 0.15) is 52.0 Å². The molecule has 5 atom stereocenters. The summed E-state index contributed by atoms with van der Waals surface area (Å²) in [6.07, 6.45) is 4.44. The highest BCUT2D eigenvalue weighted by Crippen LogP contribution is 2.42. The van der Waals surface area contributed by atoms with Crippen LogP contribution in [0.3, 0.4) is 0 Å². The molecule has 2 fully saturated rings. The van der Waals surface area contributed by atoms with Gasteiger partial charge < -0.3 is 9.47 Å². The average molecular weight is 379 g/mol. The Labute approximate surface area is 162 Å². The average Bonchev–Trinajstić information content (AvgIpc) is 3.36. The highest BCUT2D eigenvalue weighted by atomic mass is 35.5. The number of hydrogen-bond acceptors (Lipinski definition) is 3. The van der Waals surface area contributed by atoms with E-state index < -0.39 is 0 Å². The second-order valence-electron chi connectivity index (χ2n) is 8.55. The van der Waals surface area contributed by atoms with Crippen molar-refractivity contribution in [3.63, 3.8) is 0 Å². The van der Waals surface area contributed by atoms with Gasteiger partial charge in [0.25, 0.3) is 0 Å². The van der Waals surface area contributed by atoms with Gasteiger partial charge in [-0.15, -0.1) is 0 Å². The molecule has 0 heterocycles. The molecule has 0 aromatic heterocycles. The molecule has 4 heteroatoms. The largest absolute Gasteiger partial charge is 0.462 e. The number of hydrogen-bond donors (Lipinski definition) is 0. The monoisotopic (exact) mass is 378 g/mol. The maximum atomic E-state index is 12.5. The summed E-state index contributed by atoms with van der Waals surface area (Å²) in [5.41, 5.74) is 1.10. The number of ether oxygens (including phenoxy) is 2. The Morgan fingerprint density at radius 1 is 1.19 bits per heavy atom. The summed E-state index contributed by atoms with van der Waals surface area (Å²) >= 11 is 5.89. The van der Waals surface area contributed by atoms with E-state index in [1.54, 1.807) is 0 Å². The molecule has 0 bridgehead atoms. The van der Waals surface area contributed by atoms with Gasteiger partial charge in [-0.1, -0.05) is 50.9 Å². The highest BCUT2D eigenvalue weighted by molar-refractivity contribution is 6.30. The first-order valence-electron chi connectivity index (χ1n) is 9.96. The Morgan fingerprint density at radius 2 is 1.92 bits per heavy atom. The molecule has 3 rings (SSSR count). The Kier molecular flexibility index (Phi) is 6.63. The summed E-state index contributed by atoms with van der Waals surface area (Å²) in [6.45, 7) is 7.93. The van der Waals surface area contributed by atoms with Gasteiger partial charge in [0.2, 0.25) is 0 Å². The second-order valence-corrected chi connectivity index (χ2v) is 8.98. The summed E-state index contributed by atoms with van der Waals surface area (Å²) in [5.74, 6) is 2.07. The zero-order chi connectivity index (χ0) is 18.7. The lowest BCUT2D eigenvalue weighted by Gasteiger charge is -2.36. The van der Waals surface area contributed by atoms with Crippen LogP contribution < -0.4 is 0 Å². The van der Waals surface area contributed by atoms with Crippen molar-refractivity contribution in [1.82, 2.24) is 0 Å². The van der Waals surface area contributed by atoms with Crippen molar-refractivity contribution in [2.45, 2.75) is 59.2 Å². The fourth-order valence-electron chi connectivity index (χ4n) is 4.12. The minimum Gasteiger partial charge on any atom is -0.462 e. The third-order valence-corrected chi connectivity index (χ3v) is 6.22. The van der Waals surface area contributed by atoms with Crippen molar-refractivity contribution in [2.75, 3.05) is 6.61 Å². The lowest BCUT2D eigenvalue weighted by atomic mass is 9.75. The van der Waals surface area contributed by atoms with Crippen LogP contribution in [0, 0.1) is 29.6 Å². The molecule has 144 valence electrons. The van der Waals surface area contributed by atoms with Crippen LogP contribution in [0.25, 0.3) is 0 Å². The van der Waals surface area contributed by atoms with Crippen LogP contribution in [0.4, 0.5) is 0 Å². The molecule has 26 heavy (non-hydrogen) atoms. The number of carbonyl (C=O) groups is 1. The molecule has 5 unspecified atom stereocenters. The van der Waals surface area contributed by atoms with E-state index in [0.717, 1.165) is 23.4 Å². The molecular weight excluding hydrogens is 348 g/mol. The van der Waals surface area contributed by atoms with Gasteiger partial charge in [0.15, 0.2) is 0 Å². The van der Waals surface area contributed by atoms with Crippen molar-refractivity contribution in [3.8, 4) is 0 Å². The molecule has 0 saturated heterocycles. The molecule has 1 aromatic rings. The molecule has 2 aliphatic carbocycles. The van der Waals surface area contributed by atoms with Gasteiger partial charge >= 0.3 is 5.97 Å². The fourth-order valence-corrected chi connectivity index (χ4v) is 4.24. The molecule has 2 aliphatic rings. The van der Waals surface area contributed by atoms with Crippen molar-refractivity contribution < 1.29 is 14.3 Å². The Hall–Kier alpha value is -1.06. The minimum atomic E-state index is -0.00478. The number of halogens is 1. The van der Waals surface area contributed by atoms with Crippen LogP contribution in [0.5, 0.6) is 0 Å². The van der Waals surface area contributed by atoms with Gasteiger partial charge in [0.1, 0.15) is 6.10 Å². The number of rotatable bonds is 7. The summed E-state index contributed by atoms with van der Waals surface area (Å²) in [7, 11) is 0. The molecule has 0 aliphatic heterocycles. The molecule has 0 amide bonds. The van der Waals surface area contributed by atoms with Crippen LogP contribution in [-0.2, 0) is 20.9 Å². The van der Waals surface area contributed by atoms with Gasteiger partial charge in [0, 0.05) is 5.02 Å². The quantitative estimate of drug-likeness (QED) is 0.588. The van der Waals surface area contributed by atoms with E-state index >= 15 is 0 Å². The first kappa shape index (κ1) is 19.7. The summed E-state index contributed by atoms with van der Waals surface area (Å²) in [5, 5.41) is 0.732. The molecular formula is C22H31ClO3. The molecule has 0 N–H and O–H groups in total. The Bertz CT molecular complexity index is 598. The smallest absolute Gasteiger partial charge is 0.309 e. The maximum absolute atomic E-state index is 12.5. The van der Waals surface area contributed by atoms with E-state index in [-0.39, 0.29) is 18.0 Å². The second kappa shape index (κ2) is 8.75. The Morgan fingerprint density at radius 3 is 2.62 bits per heavy atom. The maximum Gasteiger partial charge on any atom is 0.309 e. The standard InChI is InChI=1S/C22H31ClO3/c1-14(2)19-9-4-15(3)10-21(19)26-22(24)20-11-17(20)13-25-12-16-5-7-18(23)8-6-16/h5-8,14-15,17,19-21H,4,9-13H2,1-3H3. The lowest BCUT2D eigenvalue weighted by molar-refractivity contribution is -0.158. The minimum absolute atomic E-state index is 0.00478. The number of benzene rings is 1. The van der Waals surface area contributed by atoms with Crippen molar-refractivity contribution in [3.05, 3.63) is 34.9 Å². The third kappa shape index (κ3) is 5.23. The van der Waals surface area contributed by atoms with E-state index in [9.17, 15) is 4.79 Å². The van der Waals surface area contributed by atoms with Gasteiger partial charge in [-0.3, -0.25) is 4.79 Å². The number of carbonyl (C=O) groups excluding carboxylic acids is 1. The van der Waals surface area contributed by atoms with E-state index in [4.69, 9.17) is 21.1 Å². The predicted molar refractivity (Wildman–Crippen MR) is 104 cm³/mol. The first-order chi connectivity index (χ1) is 12.4. The summed E-state index contributed by atoms with van der Waals surface area (Å²) in [4.78, 5) is 12.5. The van der Waals surface area contributed by atoms with Gasteiger partial charge in [-0.2, -0.15) is 0 Å². The van der Waals surface area contributed by atoms with E-state index in [0.29, 0.717) is 36.9 Å². The van der Waals surface area contributed by atoms with E-state index in [1.165, 1.54) is 12.8 Å². The van der Waals surface area contributed by atoms with Crippen LogP contribution in [0.2, 0.25) is 5.02 Å². The lowest BCUT2D eigenvalue weighted by Crippen LogP contribution is -2.36. The SMILES string of the molecule is CC1CCC(C(C)C)C(OC(=O)C2CC2COCc2ccc(Cl)cc2)C1. The van der Waals surface area contributed by atoms with Crippen molar-refractivity contribution in [2.24, 2.45) is 29.6 Å². The predicted octanol–water partition coefficient (Wildman–Crippen LogP) is 5.50. The van der Waals surface area contributed by atoms with Crippen LogP contribution >= 0.6 is 11.6 Å². The van der Waals surface area contributed by atoms with Gasteiger partial charge in [0.05, 0.1) is 19.1 Å². The van der Waals surface area contributed by atoms with Crippen molar-refractivity contribution >= 4 is 17.6 Å². The topological polar surface area (TPSA) is 35.5 Å². The summed E-state index contributed by atoms with van der Waals surface area (Å²) in [6, 6.07) is 7.68. The van der Waals surface area contributed by atoms with Crippen molar-refractivity contribution in [1.29, 1.82) is 0 Å². The normalized spacial score (nSPS) is 31.0. The summed E-state index contributed by atoms with van der Waals surface area (Å²) < 4.78 is 11.7. The van der Waals surface area contributed by atoms with E-state index in [2.05, 4.69) is 20.8 Å². The molecule has 2 saturated carbocycles. The highest BCUT2D eigenvalue weighted by Gasteiger charge is 2.46. The van der Waals surface area contributed by atoms with Gasteiger partial charge in [-0.25, -0.2) is 0 Å². The zero-order valence-electron chi connectivity index (χ0n) is 16.1. The molecule has 0 radical (unpaired) electrons. The first-order valence-corrected chi connectivity index (χ1v) is 10.3. The third-order valence-electron chi connectivity index (χ3n) is 5.97. The molecule has 1 aromatic carbocycles. The fraction of sp³-hybridized carbons (Fsp3) is 0.682. The van der Waals surface area contributed by atoms with Crippen LogP contribution in [0.15, 0.2) is 24.3 Å². The molecule has 0 spiro atoms. The van der Waals surface area contributed by atoms with Crippen LogP contribution in [-0.4, -0.2) is 18.7 Å².